The van der Waals surface area contributed by atoms with E-state index in [1.165, 1.54) is 0 Å². The molecule has 0 aliphatic carbocycles. The van der Waals surface area contributed by atoms with Crippen LogP contribution in [0.4, 0.5) is 4.79 Å². The van der Waals surface area contributed by atoms with Crippen molar-refractivity contribution in [3.63, 3.8) is 0 Å². The van der Waals surface area contributed by atoms with Crippen LogP contribution in [0.3, 0.4) is 0 Å². The van der Waals surface area contributed by atoms with E-state index in [4.69, 9.17) is 4.74 Å². The summed E-state index contributed by atoms with van der Waals surface area (Å²) in [6.45, 7) is 6.75. The van der Waals surface area contributed by atoms with Gasteiger partial charge in [-0.05, 0) is 26.0 Å². The molecule has 6 nitrogen and oxygen atoms in total. The zero-order chi connectivity index (χ0) is 15.9. The fourth-order valence-electron chi connectivity index (χ4n) is 2.29. The molecular formula is C16H23N3O3. The van der Waals surface area contributed by atoms with E-state index < -0.39 is 0 Å². The fraction of sp³-hybridized carbons (Fsp3) is 0.500. The third kappa shape index (κ3) is 4.38. The molecule has 1 N–H and O–H groups in total. The molecule has 1 aromatic carbocycles. The van der Waals surface area contributed by atoms with E-state index in [1.54, 1.807) is 9.80 Å². The van der Waals surface area contributed by atoms with Gasteiger partial charge >= 0.3 is 6.03 Å². The predicted octanol–water partition coefficient (Wildman–Crippen LogP) is 1.25. The lowest BCUT2D eigenvalue weighted by Crippen LogP contribution is -2.53. The summed E-state index contributed by atoms with van der Waals surface area (Å²) in [7, 11) is 0. The Morgan fingerprint density at radius 2 is 1.68 bits per heavy atom. The maximum absolute atomic E-state index is 12.1. The Morgan fingerprint density at radius 1 is 1.09 bits per heavy atom. The second-order valence-electron chi connectivity index (χ2n) is 5.31. The lowest BCUT2D eigenvalue weighted by Gasteiger charge is -2.34. The molecule has 0 unspecified atom stereocenters. The van der Waals surface area contributed by atoms with Gasteiger partial charge in [-0.25, -0.2) is 4.79 Å². The lowest BCUT2D eigenvalue weighted by atomic mass is 10.2. The van der Waals surface area contributed by atoms with Crippen LogP contribution in [0.15, 0.2) is 24.3 Å². The van der Waals surface area contributed by atoms with Crippen molar-refractivity contribution in [3.8, 4) is 5.75 Å². The van der Waals surface area contributed by atoms with E-state index in [0.717, 1.165) is 5.56 Å². The number of ether oxygens (including phenoxy) is 1. The van der Waals surface area contributed by atoms with Crippen molar-refractivity contribution in [2.75, 3.05) is 39.3 Å². The summed E-state index contributed by atoms with van der Waals surface area (Å²) in [5.74, 6) is 0.649. The van der Waals surface area contributed by atoms with E-state index in [1.807, 2.05) is 38.1 Å². The summed E-state index contributed by atoms with van der Waals surface area (Å²) in [6.07, 6.45) is 0. The van der Waals surface area contributed by atoms with E-state index in [-0.39, 0.29) is 18.5 Å². The molecule has 0 bridgehead atoms. The van der Waals surface area contributed by atoms with Crippen LogP contribution in [0, 0.1) is 6.92 Å². The van der Waals surface area contributed by atoms with Crippen molar-refractivity contribution >= 4 is 11.9 Å². The minimum atomic E-state index is -0.0643. The highest BCUT2D eigenvalue weighted by atomic mass is 16.5. The van der Waals surface area contributed by atoms with E-state index in [2.05, 4.69) is 5.32 Å². The molecule has 22 heavy (non-hydrogen) atoms. The fourth-order valence-corrected chi connectivity index (χ4v) is 2.29. The van der Waals surface area contributed by atoms with Gasteiger partial charge in [0.1, 0.15) is 5.75 Å². The molecule has 0 spiro atoms. The number of carbonyl (C=O) groups excluding carboxylic acids is 2. The zero-order valence-electron chi connectivity index (χ0n) is 13.2. The normalized spacial score (nSPS) is 14.6. The van der Waals surface area contributed by atoms with Crippen LogP contribution in [0.25, 0.3) is 0 Å². The van der Waals surface area contributed by atoms with Gasteiger partial charge in [-0.3, -0.25) is 4.79 Å². The Kier molecular flexibility index (Phi) is 5.63. The Bertz CT molecular complexity index is 508. The van der Waals surface area contributed by atoms with Gasteiger partial charge in [0.15, 0.2) is 6.61 Å². The van der Waals surface area contributed by atoms with Crippen molar-refractivity contribution < 1.29 is 14.3 Å². The Hall–Kier alpha value is -2.24. The van der Waals surface area contributed by atoms with Gasteiger partial charge in [0.25, 0.3) is 5.91 Å². The number of piperazine rings is 1. The average molecular weight is 305 g/mol. The van der Waals surface area contributed by atoms with Gasteiger partial charge in [-0.2, -0.15) is 0 Å². The van der Waals surface area contributed by atoms with E-state index >= 15 is 0 Å². The minimum Gasteiger partial charge on any atom is -0.484 e. The number of nitrogens with zero attached hydrogens (tertiary/aromatic N) is 2. The Balaban J connectivity index is 1.75. The summed E-state index contributed by atoms with van der Waals surface area (Å²) < 4.78 is 5.50. The second kappa shape index (κ2) is 7.68. The number of hydrogen-bond acceptors (Lipinski definition) is 3. The smallest absolute Gasteiger partial charge is 0.317 e. The van der Waals surface area contributed by atoms with Crippen LogP contribution >= 0.6 is 0 Å². The van der Waals surface area contributed by atoms with Crippen molar-refractivity contribution in [2.24, 2.45) is 0 Å². The number of hydrogen-bond donors (Lipinski definition) is 1. The molecule has 6 heteroatoms. The monoisotopic (exact) mass is 305 g/mol. The van der Waals surface area contributed by atoms with Crippen molar-refractivity contribution in [3.05, 3.63) is 29.8 Å². The highest BCUT2D eigenvalue weighted by molar-refractivity contribution is 5.78. The first-order chi connectivity index (χ1) is 10.6. The third-order valence-corrected chi connectivity index (χ3v) is 3.63. The molecular weight excluding hydrogens is 282 g/mol. The Labute approximate surface area is 131 Å². The number of amides is 3. The molecule has 1 heterocycles. The van der Waals surface area contributed by atoms with Crippen LogP contribution in [0.1, 0.15) is 12.5 Å². The Morgan fingerprint density at radius 3 is 2.27 bits per heavy atom. The topological polar surface area (TPSA) is 61.9 Å². The van der Waals surface area contributed by atoms with Crippen LogP contribution < -0.4 is 10.1 Å². The van der Waals surface area contributed by atoms with Gasteiger partial charge in [-0.1, -0.05) is 17.7 Å². The summed E-state index contributed by atoms with van der Waals surface area (Å²) in [5.41, 5.74) is 1.15. The van der Waals surface area contributed by atoms with E-state index in [0.29, 0.717) is 38.5 Å². The van der Waals surface area contributed by atoms with Crippen molar-refractivity contribution in [2.45, 2.75) is 13.8 Å². The zero-order valence-corrected chi connectivity index (χ0v) is 13.2. The molecule has 0 saturated carbocycles. The molecule has 1 aliphatic heterocycles. The van der Waals surface area contributed by atoms with Crippen LogP contribution in [0.5, 0.6) is 5.75 Å². The van der Waals surface area contributed by atoms with Gasteiger partial charge in [0.2, 0.25) is 0 Å². The summed E-state index contributed by atoms with van der Waals surface area (Å²) in [4.78, 5) is 27.3. The number of urea groups is 1. The van der Waals surface area contributed by atoms with Crippen LogP contribution in [-0.4, -0.2) is 61.1 Å². The quantitative estimate of drug-likeness (QED) is 0.910. The molecule has 120 valence electrons. The summed E-state index contributed by atoms with van der Waals surface area (Å²) >= 11 is 0. The highest BCUT2D eigenvalue weighted by Gasteiger charge is 2.23. The number of benzene rings is 1. The van der Waals surface area contributed by atoms with Gasteiger partial charge in [0, 0.05) is 32.7 Å². The number of nitrogens with one attached hydrogen (secondary N) is 1. The molecule has 0 radical (unpaired) electrons. The molecule has 1 fully saturated rings. The molecule has 0 aromatic heterocycles. The first-order valence-electron chi connectivity index (χ1n) is 7.60. The number of rotatable bonds is 4. The molecule has 1 aliphatic rings. The second-order valence-corrected chi connectivity index (χ2v) is 5.31. The van der Waals surface area contributed by atoms with Crippen LogP contribution in [0.2, 0.25) is 0 Å². The van der Waals surface area contributed by atoms with Gasteiger partial charge in [-0.15, -0.1) is 0 Å². The summed E-state index contributed by atoms with van der Waals surface area (Å²) in [6, 6.07) is 7.55. The molecule has 1 saturated heterocycles. The van der Waals surface area contributed by atoms with Crippen LogP contribution in [-0.2, 0) is 4.79 Å². The SMILES string of the molecule is CCNC(=O)N1CCN(C(=O)COc2ccc(C)cc2)CC1. The summed E-state index contributed by atoms with van der Waals surface area (Å²) in [5, 5.41) is 2.77. The maximum atomic E-state index is 12.1. The first kappa shape index (κ1) is 16.1. The third-order valence-electron chi connectivity index (χ3n) is 3.63. The van der Waals surface area contributed by atoms with Crippen molar-refractivity contribution in [1.29, 1.82) is 0 Å². The van der Waals surface area contributed by atoms with Gasteiger partial charge < -0.3 is 19.9 Å². The standard InChI is InChI=1S/C16H23N3O3/c1-3-17-16(21)19-10-8-18(9-11-19)15(20)12-22-14-6-4-13(2)5-7-14/h4-7H,3,8-12H2,1-2H3,(H,17,21). The predicted molar refractivity (Wildman–Crippen MR) is 83.9 cm³/mol. The largest absolute Gasteiger partial charge is 0.484 e. The lowest BCUT2D eigenvalue weighted by molar-refractivity contribution is -0.134. The average Bonchev–Trinajstić information content (AvgIpc) is 2.54. The molecule has 0 atom stereocenters. The molecule has 1 aromatic rings. The molecule has 3 amide bonds. The first-order valence-corrected chi connectivity index (χ1v) is 7.60. The number of aryl methyl sites for hydroxylation is 1. The highest BCUT2D eigenvalue weighted by Crippen LogP contribution is 2.11. The van der Waals surface area contributed by atoms with E-state index in [9.17, 15) is 9.59 Å². The number of carbonyl (C=O) groups is 2. The molecule has 2 rings (SSSR count). The minimum absolute atomic E-state index is 0.0320. The van der Waals surface area contributed by atoms with Crippen molar-refractivity contribution in [1.82, 2.24) is 15.1 Å². The van der Waals surface area contributed by atoms with Gasteiger partial charge in [0.05, 0.1) is 0 Å². The maximum Gasteiger partial charge on any atom is 0.317 e.